The maximum Gasteiger partial charge on any atom is 0.387 e. The van der Waals surface area contributed by atoms with Gasteiger partial charge in [0.1, 0.15) is 11.6 Å². The largest absolute Gasteiger partial charge is 0.435 e. The molecule has 7 nitrogen and oxygen atoms in total. The standard InChI is InChI=1S/C18H17F2N3O4S/c19-18(20)27-14-4-1-3-12(11-14)17(24)22-13-6-8-15(9-7-13)28(25,26)23-16-5-2-10-21-16/h1,3-4,6-9,11,18H,2,5,10H2,(H,21,23)(H,22,24). The Bertz CT molecular complexity index is 992. The molecule has 0 fully saturated rings. The van der Waals surface area contributed by atoms with Gasteiger partial charge >= 0.3 is 6.61 Å². The molecule has 2 aromatic carbocycles. The van der Waals surface area contributed by atoms with Crippen LogP contribution in [0, 0.1) is 0 Å². The normalized spacial score (nSPS) is 13.9. The molecule has 28 heavy (non-hydrogen) atoms. The van der Waals surface area contributed by atoms with Gasteiger partial charge in [-0.15, -0.1) is 0 Å². The quantitative estimate of drug-likeness (QED) is 0.767. The number of ether oxygens (including phenoxy) is 1. The van der Waals surface area contributed by atoms with Gasteiger partial charge in [0.25, 0.3) is 15.9 Å². The maximum atomic E-state index is 12.3. The summed E-state index contributed by atoms with van der Waals surface area (Å²) in [6, 6.07) is 10.9. The van der Waals surface area contributed by atoms with Crippen LogP contribution in [0.1, 0.15) is 23.2 Å². The van der Waals surface area contributed by atoms with E-state index >= 15 is 0 Å². The number of anilines is 1. The van der Waals surface area contributed by atoms with Crippen LogP contribution < -0.4 is 14.8 Å². The summed E-state index contributed by atoms with van der Waals surface area (Å²) in [5.41, 5.74) is 0.470. The molecule has 0 bridgehead atoms. The first-order chi connectivity index (χ1) is 13.3. The van der Waals surface area contributed by atoms with Gasteiger partial charge in [0.15, 0.2) is 0 Å². The van der Waals surface area contributed by atoms with Gasteiger partial charge in [-0.3, -0.25) is 14.5 Å². The highest BCUT2D eigenvalue weighted by molar-refractivity contribution is 7.90. The molecule has 0 aliphatic carbocycles. The van der Waals surface area contributed by atoms with Crippen LogP contribution in [0.4, 0.5) is 14.5 Å². The number of halogens is 2. The zero-order chi connectivity index (χ0) is 20.1. The van der Waals surface area contributed by atoms with E-state index in [9.17, 15) is 22.0 Å². The van der Waals surface area contributed by atoms with Gasteiger partial charge in [-0.05, 0) is 48.9 Å². The molecule has 0 saturated heterocycles. The fourth-order valence-corrected chi connectivity index (χ4v) is 3.66. The van der Waals surface area contributed by atoms with Gasteiger partial charge in [-0.25, -0.2) is 8.42 Å². The Hall–Kier alpha value is -3.01. The van der Waals surface area contributed by atoms with Crippen molar-refractivity contribution in [2.24, 2.45) is 4.99 Å². The second kappa shape index (κ2) is 8.34. The summed E-state index contributed by atoms with van der Waals surface area (Å²) in [4.78, 5) is 16.4. The van der Waals surface area contributed by atoms with E-state index in [1.165, 1.54) is 48.5 Å². The van der Waals surface area contributed by atoms with E-state index in [0.717, 1.165) is 6.42 Å². The molecule has 1 heterocycles. The Kier molecular flexibility index (Phi) is 5.88. The molecule has 0 aromatic heterocycles. The second-order valence-electron chi connectivity index (χ2n) is 5.92. The number of nitrogens with one attached hydrogen (secondary N) is 2. The van der Waals surface area contributed by atoms with Crippen LogP contribution in [0.25, 0.3) is 0 Å². The number of carbonyl (C=O) groups is 1. The van der Waals surface area contributed by atoms with E-state index in [4.69, 9.17) is 0 Å². The van der Waals surface area contributed by atoms with Crippen LogP contribution >= 0.6 is 0 Å². The van der Waals surface area contributed by atoms with E-state index in [0.29, 0.717) is 24.5 Å². The lowest BCUT2D eigenvalue weighted by Crippen LogP contribution is -2.29. The molecule has 1 aliphatic heterocycles. The predicted octanol–water partition coefficient (Wildman–Crippen LogP) is 3.01. The van der Waals surface area contributed by atoms with Crippen LogP contribution in [-0.2, 0) is 10.0 Å². The van der Waals surface area contributed by atoms with Crippen molar-refractivity contribution in [3.63, 3.8) is 0 Å². The van der Waals surface area contributed by atoms with Crippen LogP contribution in [0.15, 0.2) is 58.4 Å². The maximum absolute atomic E-state index is 12.3. The Morgan fingerprint density at radius 1 is 1.14 bits per heavy atom. The summed E-state index contributed by atoms with van der Waals surface area (Å²) in [6.07, 6.45) is 1.40. The summed E-state index contributed by atoms with van der Waals surface area (Å²) >= 11 is 0. The number of benzene rings is 2. The van der Waals surface area contributed by atoms with E-state index in [2.05, 4.69) is 19.8 Å². The van der Waals surface area contributed by atoms with E-state index in [-0.39, 0.29) is 16.2 Å². The van der Waals surface area contributed by atoms with Gasteiger partial charge in [0.05, 0.1) is 4.90 Å². The van der Waals surface area contributed by atoms with Gasteiger partial charge in [0, 0.05) is 24.2 Å². The number of amides is 1. The lowest BCUT2D eigenvalue weighted by Gasteiger charge is -2.10. The third-order valence-electron chi connectivity index (χ3n) is 3.87. The highest BCUT2D eigenvalue weighted by Crippen LogP contribution is 2.19. The topological polar surface area (TPSA) is 96.9 Å². The van der Waals surface area contributed by atoms with Crippen molar-refractivity contribution in [3.8, 4) is 5.75 Å². The number of nitrogens with zero attached hydrogens (tertiary/aromatic N) is 1. The van der Waals surface area contributed by atoms with Gasteiger partial charge in [-0.2, -0.15) is 8.78 Å². The highest BCUT2D eigenvalue weighted by Gasteiger charge is 2.18. The fraction of sp³-hybridized carbons (Fsp3) is 0.222. The number of rotatable bonds is 6. The third kappa shape index (κ3) is 5.03. The van der Waals surface area contributed by atoms with Crippen molar-refractivity contribution < 1.29 is 26.7 Å². The Morgan fingerprint density at radius 3 is 2.54 bits per heavy atom. The predicted molar refractivity (Wildman–Crippen MR) is 99.3 cm³/mol. The molecule has 3 rings (SSSR count). The van der Waals surface area contributed by atoms with E-state index in [1.54, 1.807) is 0 Å². The number of aliphatic imine (C=N–C) groups is 1. The molecule has 10 heteroatoms. The summed E-state index contributed by atoms with van der Waals surface area (Å²) in [7, 11) is -3.74. The minimum Gasteiger partial charge on any atom is -0.435 e. The number of alkyl halides is 2. The SMILES string of the molecule is O=C(Nc1ccc(S(=O)(=O)NC2=NCCC2)cc1)c1cccc(OC(F)F)c1. The van der Waals surface area contributed by atoms with Crippen molar-refractivity contribution in [2.45, 2.75) is 24.3 Å². The minimum absolute atomic E-state index is 0.0347. The summed E-state index contributed by atoms with van der Waals surface area (Å²) in [5.74, 6) is -0.248. The molecule has 0 saturated carbocycles. The van der Waals surface area contributed by atoms with Crippen LogP contribution in [0.3, 0.4) is 0 Å². The molecule has 2 N–H and O–H groups in total. The van der Waals surface area contributed by atoms with Crippen molar-refractivity contribution in [2.75, 3.05) is 11.9 Å². The summed E-state index contributed by atoms with van der Waals surface area (Å²) in [5, 5.41) is 2.57. The fourth-order valence-electron chi connectivity index (χ4n) is 2.57. The Morgan fingerprint density at radius 2 is 1.89 bits per heavy atom. The molecule has 1 aliphatic rings. The smallest absolute Gasteiger partial charge is 0.387 e. The van der Waals surface area contributed by atoms with E-state index < -0.39 is 22.5 Å². The van der Waals surface area contributed by atoms with Gasteiger partial charge < -0.3 is 10.1 Å². The number of hydrogen-bond acceptors (Lipinski definition) is 5. The van der Waals surface area contributed by atoms with Crippen LogP contribution in [-0.4, -0.2) is 33.3 Å². The average Bonchev–Trinajstić information content (AvgIpc) is 3.14. The van der Waals surface area contributed by atoms with Crippen molar-refractivity contribution in [1.82, 2.24) is 4.72 Å². The Balaban J connectivity index is 1.67. The zero-order valence-corrected chi connectivity index (χ0v) is 15.4. The number of hydrogen-bond donors (Lipinski definition) is 2. The van der Waals surface area contributed by atoms with E-state index in [1.807, 2.05) is 0 Å². The highest BCUT2D eigenvalue weighted by atomic mass is 32.2. The molecular weight excluding hydrogens is 392 g/mol. The van der Waals surface area contributed by atoms with Crippen molar-refractivity contribution in [3.05, 3.63) is 54.1 Å². The monoisotopic (exact) mass is 409 g/mol. The molecular formula is C18H17F2N3O4S. The molecule has 0 atom stereocenters. The molecule has 0 radical (unpaired) electrons. The summed E-state index contributed by atoms with van der Waals surface area (Å²) < 4.78 is 55.9. The first-order valence-corrected chi connectivity index (χ1v) is 9.84. The lowest BCUT2D eigenvalue weighted by molar-refractivity contribution is -0.0498. The van der Waals surface area contributed by atoms with Crippen LogP contribution in [0.5, 0.6) is 5.75 Å². The molecule has 0 spiro atoms. The molecule has 1 amide bonds. The average molecular weight is 409 g/mol. The minimum atomic E-state index is -3.74. The first-order valence-electron chi connectivity index (χ1n) is 8.36. The summed E-state index contributed by atoms with van der Waals surface area (Å²) in [6.45, 7) is -2.39. The van der Waals surface area contributed by atoms with Crippen molar-refractivity contribution >= 4 is 27.5 Å². The number of carbonyl (C=O) groups excluding carboxylic acids is 1. The molecule has 2 aromatic rings. The third-order valence-corrected chi connectivity index (χ3v) is 5.27. The van der Waals surface area contributed by atoms with Gasteiger partial charge in [0.2, 0.25) is 0 Å². The molecule has 0 unspecified atom stereocenters. The van der Waals surface area contributed by atoms with Crippen LogP contribution in [0.2, 0.25) is 0 Å². The zero-order valence-electron chi connectivity index (χ0n) is 14.6. The lowest BCUT2D eigenvalue weighted by atomic mass is 10.2. The number of sulfonamides is 1. The van der Waals surface area contributed by atoms with Crippen molar-refractivity contribution in [1.29, 1.82) is 0 Å². The Labute approximate surface area is 160 Å². The first kappa shape index (κ1) is 19.7. The number of amidine groups is 1. The molecule has 148 valence electrons. The van der Waals surface area contributed by atoms with Gasteiger partial charge in [-0.1, -0.05) is 6.07 Å². The second-order valence-corrected chi connectivity index (χ2v) is 7.60.